The Morgan fingerprint density at radius 3 is 2.53 bits per heavy atom. The van der Waals surface area contributed by atoms with Gasteiger partial charge in [-0.3, -0.25) is 0 Å². The topological polar surface area (TPSA) is 29.3 Å². The third kappa shape index (κ3) is 2.44. The highest BCUT2D eigenvalue weighted by Crippen LogP contribution is 2.38. The van der Waals surface area contributed by atoms with Crippen LogP contribution in [0.1, 0.15) is 38.3 Å². The first kappa shape index (κ1) is 12.4. The number of rotatable bonds is 4. The Kier molecular flexibility index (Phi) is 3.38. The van der Waals surface area contributed by atoms with Gasteiger partial charge in [0.15, 0.2) is 0 Å². The SMILES string of the molecule is CC(C1CC1)N(C)c1c(F)cccc1[C@@H](C)N. The van der Waals surface area contributed by atoms with Gasteiger partial charge >= 0.3 is 0 Å². The molecule has 2 rings (SSSR count). The predicted octanol–water partition coefficient (Wildman–Crippen LogP) is 3.08. The van der Waals surface area contributed by atoms with E-state index in [2.05, 4.69) is 6.92 Å². The van der Waals surface area contributed by atoms with Crippen LogP contribution >= 0.6 is 0 Å². The van der Waals surface area contributed by atoms with E-state index in [1.807, 2.05) is 24.9 Å². The molecule has 1 aliphatic rings. The maximum atomic E-state index is 14.0. The summed E-state index contributed by atoms with van der Waals surface area (Å²) < 4.78 is 14.0. The highest BCUT2D eigenvalue weighted by molar-refractivity contribution is 5.56. The van der Waals surface area contributed by atoms with Gasteiger partial charge in [-0.2, -0.15) is 0 Å². The Balaban J connectivity index is 2.34. The zero-order chi connectivity index (χ0) is 12.6. The third-order valence-corrected chi connectivity index (χ3v) is 3.78. The fraction of sp³-hybridized carbons (Fsp3) is 0.571. The van der Waals surface area contributed by atoms with E-state index in [-0.39, 0.29) is 11.9 Å². The second kappa shape index (κ2) is 4.65. The molecule has 1 saturated carbocycles. The Morgan fingerprint density at radius 2 is 2.00 bits per heavy atom. The van der Waals surface area contributed by atoms with Gasteiger partial charge in [-0.05, 0) is 44.2 Å². The molecule has 2 nitrogen and oxygen atoms in total. The molecule has 17 heavy (non-hydrogen) atoms. The fourth-order valence-corrected chi connectivity index (χ4v) is 2.37. The lowest BCUT2D eigenvalue weighted by Crippen LogP contribution is -2.32. The number of anilines is 1. The van der Waals surface area contributed by atoms with Gasteiger partial charge in [0.05, 0.1) is 5.69 Å². The average Bonchev–Trinajstić information content (AvgIpc) is 3.10. The standard InChI is InChI=1S/C14H21FN2/c1-9(16)12-5-4-6-13(15)14(12)17(3)10(2)11-7-8-11/h4-6,9-11H,7-8,16H2,1-3H3/t9-,10?/m1/s1. The summed E-state index contributed by atoms with van der Waals surface area (Å²) in [6.45, 7) is 4.06. The van der Waals surface area contributed by atoms with Gasteiger partial charge in [0.1, 0.15) is 5.82 Å². The van der Waals surface area contributed by atoms with Crippen molar-refractivity contribution in [1.82, 2.24) is 0 Å². The molecule has 1 fully saturated rings. The number of para-hydroxylation sites is 1. The van der Waals surface area contributed by atoms with Gasteiger partial charge in [-0.1, -0.05) is 12.1 Å². The van der Waals surface area contributed by atoms with Crippen LogP contribution < -0.4 is 10.6 Å². The summed E-state index contributed by atoms with van der Waals surface area (Å²) in [6, 6.07) is 5.39. The molecule has 0 radical (unpaired) electrons. The van der Waals surface area contributed by atoms with Gasteiger partial charge in [0, 0.05) is 19.1 Å². The molecule has 0 amide bonds. The number of hydrogen-bond donors (Lipinski definition) is 1. The van der Waals surface area contributed by atoms with Crippen molar-refractivity contribution < 1.29 is 4.39 Å². The van der Waals surface area contributed by atoms with E-state index in [0.29, 0.717) is 17.6 Å². The predicted molar refractivity (Wildman–Crippen MR) is 69.6 cm³/mol. The summed E-state index contributed by atoms with van der Waals surface area (Å²) in [5, 5.41) is 0. The van der Waals surface area contributed by atoms with E-state index >= 15 is 0 Å². The number of nitrogens with two attached hydrogens (primary N) is 1. The molecule has 0 saturated heterocycles. The van der Waals surface area contributed by atoms with Crippen molar-refractivity contribution in [1.29, 1.82) is 0 Å². The molecule has 0 aromatic heterocycles. The van der Waals surface area contributed by atoms with Gasteiger partial charge in [-0.25, -0.2) is 4.39 Å². The normalized spacial score (nSPS) is 18.9. The summed E-state index contributed by atoms with van der Waals surface area (Å²) >= 11 is 0. The number of hydrogen-bond acceptors (Lipinski definition) is 2. The lowest BCUT2D eigenvalue weighted by molar-refractivity contribution is 0.570. The molecule has 2 atom stereocenters. The minimum Gasteiger partial charge on any atom is -0.369 e. The molecule has 1 aromatic carbocycles. The minimum atomic E-state index is -0.171. The van der Waals surface area contributed by atoms with Crippen LogP contribution in [0.4, 0.5) is 10.1 Å². The monoisotopic (exact) mass is 236 g/mol. The molecule has 0 spiro atoms. The quantitative estimate of drug-likeness (QED) is 0.870. The van der Waals surface area contributed by atoms with Crippen LogP contribution in [-0.2, 0) is 0 Å². The number of benzene rings is 1. The summed E-state index contributed by atoms with van der Waals surface area (Å²) in [5.74, 6) is 0.537. The van der Waals surface area contributed by atoms with Crippen LogP contribution in [0.25, 0.3) is 0 Å². The molecule has 1 unspecified atom stereocenters. The van der Waals surface area contributed by atoms with Crippen LogP contribution in [0.2, 0.25) is 0 Å². The largest absolute Gasteiger partial charge is 0.369 e. The van der Waals surface area contributed by atoms with Gasteiger partial charge < -0.3 is 10.6 Å². The Bertz CT molecular complexity index is 399. The smallest absolute Gasteiger partial charge is 0.146 e. The minimum absolute atomic E-state index is 0.144. The molecule has 0 bridgehead atoms. The molecular formula is C14H21FN2. The van der Waals surface area contributed by atoms with Gasteiger partial charge in [-0.15, -0.1) is 0 Å². The third-order valence-electron chi connectivity index (χ3n) is 3.78. The van der Waals surface area contributed by atoms with Crippen LogP contribution in [0.5, 0.6) is 0 Å². The van der Waals surface area contributed by atoms with Gasteiger partial charge in [0.25, 0.3) is 0 Å². The lowest BCUT2D eigenvalue weighted by atomic mass is 10.0. The first-order valence-electron chi connectivity index (χ1n) is 6.29. The van der Waals surface area contributed by atoms with Crippen molar-refractivity contribution in [2.45, 2.75) is 38.8 Å². The van der Waals surface area contributed by atoms with Crippen LogP contribution in [0, 0.1) is 11.7 Å². The average molecular weight is 236 g/mol. The van der Waals surface area contributed by atoms with Gasteiger partial charge in [0.2, 0.25) is 0 Å². The van der Waals surface area contributed by atoms with Crippen LogP contribution in [-0.4, -0.2) is 13.1 Å². The van der Waals surface area contributed by atoms with E-state index in [1.165, 1.54) is 18.9 Å². The molecule has 94 valence electrons. The van der Waals surface area contributed by atoms with E-state index in [0.717, 1.165) is 5.56 Å². The van der Waals surface area contributed by atoms with Crippen LogP contribution in [0.15, 0.2) is 18.2 Å². The first-order chi connectivity index (χ1) is 8.02. The Labute approximate surface area is 103 Å². The molecule has 1 aliphatic carbocycles. The Morgan fingerprint density at radius 1 is 1.35 bits per heavy atom. The zero-order valence-corrected chi connectivity index (χ0v) is 10.8. The highest BCUT2D eigenvalue weighted by atomic mass is 19.1. The first-order valence-corrected chi connectivity index (χ1v) is 6.29. The van der Waals surface area contributed by atoms with E-state index in [4.69, 9.17) is 5.73 Å². The molecule has 1 aromatic rings. The second-order valence-corrected chi connectivity index (χ2v) is 5.16. The molecule has 3 heteroatoms. The van der Waals surface area contributed by atoms with E-state index < -0.39 is 0 Å². The maximum Gasteiger partial charge on any atom is 0.146 e. The summed E-state index contributed by atoms with van der Waals surface area (Å²) in [5.41, 5.74) is 7.48. The fourth-order valence-electron chi connectivity index (χ4n) is 2.37. The number of nitrogens with zero attached hydrogens (tertiary/aromatic N) is 1. The van der Waals surface area contributed by atoms with Crippen molar-refractivity contribution in [3.8, 4) is 0 Å². The number of halogens is 1. The Hall–Kier alpha value is -1.09. The van der Waals surface area contributed by atoms with Crippen LogP contribution in [0.3, 0.4) is 0 Å². The van der Waals surface area contributed by atoms with Crippen molar-refractivity contribution >= 4 is 5.69 Å². The van der Waals surface area contributed by atoms with Crippen molar-refractivity contribution in [2.75, 3.05) is 11.9 Å². The van der Waals surface area contributed by atoms with Crippen molar-refractivity contribution in [3.05, 3.63) is 29.6 Å². The van der Waals surface area contributed by atoms with E-state index in [9.17, 15) is 4.39 Å². The highest BCUT2D eigenvalue weighted by Gasteiger charge is 2.32. The summed E-state index contributed by atoms with van der Waals surface area (Å²) in [7, 11) is 1.97. The zero-order valence-electron chi connectivity index (χ0n) is 10.8. The van der Waals surface area contributed by atoms with Crippen molar-refractivity contribution in [3.63, 3.8) is 0 Å². The second-order valence-electron chi connectivity index (χ2n) is 5.16. The summed E-state index contributed by atoms with van der Waals surface area (Å²) in [6.07, 6.45) is 2.51. The maximum absolute atomic E-state index is 14.0. The lowest BCUT2D eigenvalue weighted by Gasteiger charge is -2.30. The molecular weight excluding hydrogens is 215 g/mol. The van der Waals surface area contributed by atoms with E-state index in [1.54, 1.807) is 6.07 Å². The summed E-state index contributed by atoms with van der Waals surface area (Å²) in [4.78, 5) is 2.05. The molecule has 2 N–H and O–H groups in total. The van der Waals surface area contributed by atoms with Crippen molar-refractivity contribution in [2.24, 2.45) is 11.7 Å². The molecule has 0 heterocycles. The molecule has 0 aliphatic heterocycles.